The van der Waals surface area contributed by atoms with Crippen molar-refractivity contribution in [1.29, 1.82) is 0 Å². The Bertz CT molecular complexity index is 6860. The van der Waals surface area contributed by atoms with Crippen LogP contribution in [0.5, 0.6) is 11.5 Å². The van der Waals surface area contributed by atoms with Gasteiger partial charge in [-0.3, -0.25) is 0 Å². The molecule has 0 fully saturated rings. The maximum absolute atomic E-state index is 8.22. The third-order valence-corrected chi connectivity index (χ3v) is 26.5. The first-order valence-electron chi connectivity index (χ1n) is 43.9. The molecule has 17 aromatic rings. The maximum atomic E-state index is 8.22. The molecular formula is C116H102B2N4O. The molecule has 1 aromatic heterocycles. The highest BCUT2D eigenvalue weighted by atomic mass is 16.5. The number of anilines is 9. The van der Waals surface area contributed by atoms with E-state index in [4.69, 9.17) is 4.74 Å². The van der Waals surface area contributed by atoms with Crippen LogP contribution in [0.4, 0.5) is 51.2 Å². The van der Waals surface area contributed by atoms with Crippen molar-refractivity contribution in [2.75, 3.05) is 14.7 Å². The second-order valence-corrected chi connectivity index (χ2v) is 39.6. The molecule has 5 nitrogen and oxygen atoms in total. The first-order valence-corrected chi connectivity index (χ1v) is 43.9. The number of ether oxygens (including phenoxy) is 1. The van der Waals surface area contributed by atoms with Crippen molar-refractivity contribution in [2.45, 2.75) is 131 Å². The minimum absolute atomic E-state index is 0.175. The SMILES string of the molecule is CC(C)(C)c1cc(-c2ccccc2)c(N2c3ccccc3B3c4cc5c(cc4Oc4cc(C(C)(C)C)cc2c43)N(c2c(-c3ccccc3)cc(C(C)(C)C)cc2-c2ccccc2)c2cc(C(C)(C)C)cc3c2B5c2ccc(-n4c5ccccc5c5ccccc54)cc2N3c2c(-c3ccccc3)cc(C(C)(C)C)cc2-c2ccccc2)c(-c2ccccc2)c1. The molecule has 4 aliphatic heterocycles. The molecule has 598 valence electrons. The van der Waals surface area contributed by atoms with Crippen LogP contribution in [0, 0.1) is 0 Å². The van der Waals surface area contributed by atoms with Gasteiger partial charge in [-0.1, -0.05) is 353 Å². The van der Waals surface area contributed by atoms with Gasteiger partial charge in [0.25, 0.3) is 13.4 Å². The molecule has 5 heterocycles. The highest BCUT2D eigenvalue weighted by molar-refractivity contribution is 7.02. The van der Waals surface area contributed by atoms with Crippen molar-refractivity contribution in [2.24, 2.45) is 0 Å². The number of para-hydroxylation sites is 3. The minimum Gasteiger partial charge on any atom is -0.458 e. The fourth-order valence-corrected chi connectivity index (χ4v) is 20.1. The van der Waals surface area contributed by atoms with Gasteiger partial charge in [0.2, 0.25) is 0 Å². The average Bonchev–Trinajstić information content (AvgIpc) is 1.36. The van der Waals surface area contributed by atoms with Crippen molar-refractivity contribution in [3.05, 3.63) is 374 Å². The summed E-state index contributed by atoms with van der Waals surface area (Å²) >= 11 is 0. The topological polar surface area (TPSA) is 23.9 Å². The number of benzene rings is 16. The lowest BCUT2D eigenvalue weighted by molar-refractivity contribution is 0.483. The predicted molar refractivity (Wildman–Crippen MR) is 527 cm³/mol. The van der Waals surface area contributed by atoms with Crippen molar-refractivity contribution < 1.29 is 4.74 Å². The van der Waals surface area contributed by atoms with Crippen LogP contribution in [-0.2, 0) is 27.1 Å². The molecule has 0 aliphatic carbocycles. The van der Waals surface area contributed by atoms with E-state index >= 15 is 0 Å². The van der Waals surface area contributed by atoms with E-state index < -0.39 is 0 Å². The fraction of sp³-hybridized carbons (Fsp3) is 0.172. The zero-order chi connectivity index (χ0) is 84.5. The van der Waals surface area contributed by atoms with Crippen LogP contribution in [0.25, 0.3) is 94.3 Å². The molecule has 0 N–H and O–H groups in total. The van der Waals surface area contributed by atoms with E-state index in [1.165, 1.54) is 71.6 Å². The molecular weight excluding hydrogens is 1490 g/mol. The second kappa shape index (κ2) is 28.6. The monoisotopic (exact) mass is 1590 g/mol. The van der Waals surface area contributed by atoms with Crippen LogP contribution in [0.15, 0.2) is 346 Å². The quantitative estimate of drug-likeness (QED) is 0.127. The zero-order valence-electron chi connectivity index (χ0n) is 73.3. The summed E-state index contributed by atoms with van der Waals surface area (Å²) in [5.41, 5.74) is 39.2. The van der Waals surface area contributed by atoms with Crippen LogP contribution < -0.4 is 52.2 Å². The van der Waals surface area contributed by atoms with E-state index in [0.29, 0.717) is 0 Å². The molecule has 123 heavy (non-hydrogen) atoms. The lowest BCUT2D eigenvalue weighted by Crippen LogP contribution is -2.64. The summed E-state index contributed by atoms with van der Waals surface area (Å²) in [4.78, 5) is 8.12. The first-order chi connectivity index (χ1) is 59.2. The number of fused-ring (bicyclic) bond motifs is 11. The molecule has 16 aromatic carbocycles. The van der Waals surface area contributed by atoms with Gasteiger partial charge < -0.3 is 24.0 Å². The molecule has 4 aliphatic rings. The molecule has 0 atom stereocenters. The fourth-order valence-electron chi connectivity index (χ4n) is 20.1. The lowest BCUT2D eigenvalue weighted by Gasteiger charge is -2.47. The van der Waals surface area contributed by atoms with E-state index in [1.807, 2.05) is 0 Å². The van der Waals surface area contributed by atoms with E-state index in [-0.39, 0.29) is 40.5 Å². The van der Waals surface area contributed by atoms with E-state index in [0.717, 1.165) is 146 Å². The molecule has 0 saturated carbocycles. The normalized spacial score (nSPS) is 13.5. The number of nitrogens with zero attached hydrogens (tertiary/aromatic N) is 4. The van der Waals surface area contributed by atoms with E-state index in [1.54, 1.807) is 0 Å². The number of aromatic nitrogens is 1. The van der Waals surface area contributed by atoms with Crippen molar-refractivity contribution in [3.63, 3.8) is 0 Å². The van der Waals surface area contributed by atoms with Gasteiger partial charge in [0, 0.05) is 90.0 Å². The molecule has 0 unspecified atom stereocenters. The van der Waals surface area contributed by atoms with Gasteiger partial charge in [-0.15, -0.1) is 0 Å². The van der Waals surface area contributed by atoms with Crippen LogP contribution in [0.3, 0.4) is 0 Å². The largest absolute Gasteiger partial charge is 0.458 e. The highest BCUT2D eigenvalue weighted by Crippen LogP contribution is 2.58. The molecule has 21 rings (SSSR count). The van der Waals surface area contributed by atoms with Crippen LogP contribution in [-0.4, -0.2) is 18.0 Å². The Morgan fingerprint density at radius 2 is 0.520 bits per heavy atom. The Labute approximate surface area is 726 Å². The van der Waals surface area contributed by atoms with Crippen LogP contribution in [0.2, 0.25) is 0 Å². The van der Waals surface area contributed by atoms with Crippen molar-refractivity contribution >= 4 is 119 Å². The highest BCUT2D eigenvalue weighted by Gasteiger charge is 2.51. The summed E-state index contributed by atoms with van der Waals surface area (Å²) in [7, 11) is 0. The summed E-state index contributed by atoms with van der Waals surface area (Å²) in [6.07, 6.45) is 0. The maximum Gasteiger partial charge on any atom is 0.256 e. The summed E-state index contributed by atoms with van der Waals surface area (Å²) in [5, 5.41) is 2.44. The van der Waals surface area contributed by atoms with Gasteiger partial charge in [0.15, 0.2) is 0 Å². The summed E-state index contributed by atoms with van der Waals surface area (Å²) in [6, 6.07) is 132. The molecule has 0 bridgehead atoms. The van der Waals surface area contributed by atoms with Crippen LogP contribution in [0.1, 0.15) is 132 Å². The second-order valence-electron chi connectivity index (χ2n) is 39.6. The predicted octanol–water partition coefficient (Wildman–Crippen LogP) is 27.8. The van der Waals surface area contributed by atoms with Gasteiger partial charge in [-0.2, -0.15) is 0 Å². The Balaban J connectivity index is 0.930. The lowest BCUT2D eigenvalue weighted by atomic mass is 9.30. The van der Waals surface area contributed by atoms with Gasteiger partial charge in [0.05, 0.1) is 28.1 Å². The molecule has 0 spiro atoms. The Hall–Kier alpha value is -13.4. The van der Waals surface area contributed by atoms with Crippen LogP contribution >= 0.6 is 0 Å². The number of rotatable bonds is 10. The van der Waals surface area contributed by atoms with Gasteiger partial charge in [-0.05, 0) is 212 Å². The van der Waals surface area contributed by atoms with Gasteiger partial charge >= 0.3 is 0 Å². The average molecular weight is 1590 g/mol. The Morgan fingerprint density at radius 3 is 0.902 bits per heavy atom. The molecule has 0 amide bonds. The standard InChI is InChI=1S/C116H102B2N4O/c1-112(2,3)79-60-87(73-40-22-16-23-41-73)109(88(61-79)74-42-24-17-25-43-74)120-99-57-39-36-54-93(99)118-96-71-95-101(72-105(96)123-106-69-83(116(13,14)15)68-104(120)108(106)118)122(111-91(77-48-30-20-31-49-77)64-81(114(7,8)9)65-92(111)78-50-32-21-33-51-78)103-67-82(115(10,11)12)66-102-107(103)117(95)94-59-58-84(119-97-55-37-34-52-85(97)86-53-35-38-56-98(86)119)70-100(94)121(102)110-89(75-44-26-18-27-45-75)62-80(113(4,5)6)63-90(110)76-46-28-19-29-47-76/h16-72H,1-15H3. The first kappa shape index (κ1) is 77.0. The van der Waals surface area contributed by atoms with Crippen molar-refractivity contribution in [1.82, 2.24) is 4.57 Å². The minimum atomic E-state index is -0.378. The Kier molecular flexibility index (Phi) is 17.9. The summed E-state index contributed by atoms with van der Waals surface area (Å²) in [6.45, 7) is 34.9. The molecule has 0 radical (unpaired) electrons. The third-order valence-electron chi connectivity index (χ3n) is 26.5. The van der Waals surface area contributed by atoms with Gasteiger partial charge in [-0.25, -0.2) is 0 Å². The third kappa shape index (κ3) is 12.8. The molecule has 7 heteroatoms. The Morgan fingerprint density at radius 1 is 0.220 bits per heavy atom. The smallest absolute Gasteiger partial charge is 0.256 e. The zero-order valence-corrected chi connectivity index (χ0v) is 73.3. The van der Waals surface area contributed by atoms with E-state index in [9.17, 15) is 0 Å². The number of hydrogen-bond donors (Lipinski definition) is 0. The van der Waals surface area contributed by atoms with Gasteiger partial charge in [0.1, 0.15) is 11.5 Å². The van der Waals surface area contributed by atoms with E-state index in [2.05, 4.69) is 469 Å². The molecule has 0 saturated heterocycles. The summed E-state index contributed by atoms with van der Waals surface area (Å²) < 4.78 is 10.7. The summed E-state index contributed by atoms with van der Waals surface area (Å²) in [5.74, 6) is 1.70. The van der Waals surface area contributed by atoms with Crippen molar-refractivity contribution in [3.8, 4) is 83.9 Å². The number of hydrogen-bond acceptors (Lipinski definition) is 4.